The number of amides is 2. The molecule has 1 unspecified atom stereocenters. The van der Waals surface area contributed by atoms with E-state index in [1.165, 1.54) is 0 Å². The van der Waals surface area contributed by atoms with Gasteiger partial charge in [-0.15, -0.1) is 0 Å². The van der Waals surface area contributed by atoms with E-state index in [1.807, 2.05) is 24.3 Å². The minimum Gasteiger partial charge on any atom is -0.337 e. The quantitative estimate of drug-likeness (QED) is 0.939. The Kier molecular flexibility index (Phi) is 3.31. The molecule has 1 aromatic carbocycles. The summed E-state index contributed by atoms with van der Waals surface area (Å²) in [6, 6.07) is 7.14. The van der Waals surface area contributed by atoms with Crippen LogP contribution in [0.2, 0.25) is 5.02 Å². The van der Waals surface area contributed by atoms with Crippen molar-refractivity contribution in [1.82, 2.24) is 20.4 Å². The van der Waals surface area contributed by atoms with Gasteiger partial charge < -0.3 is 14.7 Å². The third-order valence-electron chi connectivity index (χ3n) is 3.19. The number of halogens is 1. The van der Waals surface area contributed by atoms with Crippen LogP contribution in [0.25, 0.3) is 0 Å². The zero-order valence-electron chi connectivity index (χ0n) is 10.8. The van der Waals surface area contributed by atoms with Crippen LogP contribution in [0.1, 0.15) is 23.3 Å². The lowest BCUT2D eigenvalue weighted by molar-refractivity contribution is 0.226. The Labute approximate surface area is 120 Å². The summed E-state index contributed by atoms with van der Waals surface area (Å²) in [6.45, 7) is 0.520. The first kappa shape index (κ1) is 12.9. The second-order valence-electron chi connectivity index (χ2n) is 4.70. The van der Waals surface area contributed by atoms with Crippen molar-refractivity contribution in [2.24, 2.45) is 0 Å². The van der Waals surface area contributed by atoms with Gasteiger partial charge in [0.1, 0.15) is 6.04 Å². The summed E-state index contributed by atoms with van der Waals surface area (Å²) in [4.78, 5) is 17.3. The lowest BCUT2D eigenvalue weighted by atomic mass is 10.1. The fourth-order valence-electron chi connectivity index (χ4n) is 2.09. The SMILES string of the molecule is CN1CC(c2nc(Cc3ccccc3Cl)no2)NC1=O. The fourth-order valence-corrected chi connectivity index (χ4v) is 2.30. The number of carbonyl (C=O) groups excluding carboxylic acids is 1. The number of benzene rings is 1. The smallest absolute Gasteiger partial charge is 0.317 e. The van der Waals surface area contributed by atoms with Crippen molar-refractivity contribution in [3.63, 3.8) is 0 Å². The van der Waals surface area contributed by atoms with Gasteiger partial charge in [-0.05, 0) is 11.6 Å². The molecule has 1 saturated heterocycles. The highest BCUT2D eigenvalue weighted by Crippen LogP contribution is 2.20. The number of likely N-dealkylation sites (N-methyl/N-ethyl adjacent to an activating group) is 1. The molecule has 2 heterocycles. The van der Waals surface area contributed by atoms with E-state index in [2.05, 4.69) is 15.5 Å². The fraction of sp³-hybridized carbons (Fsp3) is 0.308. The molecule has 1 atom stereocenters. The molecular weight excluding hydrogens is 280 g/mol. The van der Waals surface area contributed by atoms with Crippen LogP contribution in [0.4, 0.5) is 4.79 Å². The van der Waals surface area contributed by atoms with E-state index >= 15 is 0 Å². The molecule has 0 aliphatic carbocycles. The van der Waals surface area contributed by atoms with Crippen LogP contribution in [0, 0.1) is 0 Å². The Bertz CT molecular complexity index is 643. The Morgan fingerprint density at radius 2 is 2.30 bits per heavy atom. The lowest BCUT2D eigenvalue weighted by Crippen LogP contribution is -2.24. The highest BCUT2D eigenvalue weighted by atomic mass is 35.5. The number of hydrogen-bond acceptors (Lipinski definition) is 4. The van der Waals surface area contributed by atoms with Crippen LogP contribution in [0.15, 0.2) is 28.8 Å². The van der Waals surface area contributed by atoms with Gasteiger partial charge in [0.25, 0.3) is 5.89 Å². The molecule has 1 fully saturated rings. The van der Waals surface area contributed by atoms with Gasteiger partial charge in [0.05, 0.1) is 6.54 Å². The molecule has 0 radical (unpaired) electrons. The van der Waals surface area contributed by atoms with Crippen LogP contribution in [-0.4, -0.2) is 34.7 Å². The van der Waals surface area contributed by atoms with Crippen molar-refractivity contribution in [2.75, 3.05) is 13.6 Å². The second-order valence-corrected chi connectivity index (χ2v) is 5.11. The average molecular weight is 293 g/mol. The zero-order chi connectivity index (χ0) is 14.1. The summed E-state index contributed by atoms with van der Waals surface area (Å²) < 4.78 is 5.21. The van der Waals surface area contributed by atoms with Crippen molar-refractivity contribution >= 4 is 17.6 Å². The maximum atomic E-state index is 11.4. The Hall–Kier alpha value is -2.08. The summed E-state index contributed by atoms with van der Waals surface area (Å²) in [6.07, 6.45) is 0.500. The highest BCUT2D eigenvalue weighted by molar-refractivity contribution is 6.31. The normalized spacial score (nSPS) is 18.4. The molecule has 0 bridgehead atoms. The number of urea groups is 1. The van der Waals surface area contributed by atoms with Crippen molar-refractivity contribution in [3.05, 3.63) is 46.6 Å². The Balaban J connectivity index is 1.75. The minimum absolute atomic E-state index is 0.138. The third kappa shape index (κ3) is 2.46. The number of nitrogens with zero attached hydrogens (tertiary/aromatic N) is 3. The summed E-state index contributed by atoms with van der Waals surface area (Å²) in [7, 11) is 1.72. The molecule has 0 saturated carbocycles. The average Bonchev–Trinajstić information content (AvgIpc) is 3.00. The van der Waals surface area contributed by atoms with E-state index in [0.717, 1.165) is 5.56 Å². The molecular formula is C13H13ClN4O2. The maximum absolute atomic E-state index is 11.4. The minimum atomic E-state index is -0.250. The van der Waals surface area contributed by atoms with Crippen molar-refractivity contribution < 1.29 is 9.32 Å². The topological polar surface area (TPSA) is 71.3 Å². The standard InChI is InChI=1S/C13H13ClN4O2/c1-18-7-10(15-13(18)19)12-16-11(17-20-12)6-8-4-2-3-5-9(8)14/h2-5,10H,6-7H2,1H3,(H,15,19). The van der Waals surface area contributed by atoms with E-state index in [9.17, 15) is 4.79 Å². The largest absolute Gasteiger partial charge is 0.337 e. The predicted octanol–water partition coefficient (Wildman–Crippen LogP) is 2.01. The monoisotopic (exact) mass is 292 g/mol. The van der Waals surface area contributed by atoms with E-state index < -0.39 is 0 Å². The molecule has 1 aliphatic heterocycles. The van der Waals surface area contributed by atoms with Crippen LogP contribution in [0.5, 0.6) is 0 Å². The van der Waals surface area contributed by atoms with Crippen molar-refractivity contribution in [2.45, 2.75) is 12.5 Å². The first-order valence-corrected chi connectivity index (χ1v) is 6.59. The van der Waals surface area contributed by atoms with E-state index in [0.29, 0.717) is 29.7 Å². The van der Waals surface area contributed by atoms with Gasteiger partial charge in [0, 0.05) is 18.5 Å². The lowest BCUT2D eigenvalue weighted by Gasteiger charge is -2.03. The zero-order valence-corrected chi connectivity index (χ0v) is 11.6. The predicted molar refractivity (Wildman–Crippen MR) is 72.5 cm³/mol. The maximum Gasteiger partial charge on any atom is 0.317 e. The molecule has 2 amide bonds. The van der Waals surface area contributed by atoms with Gasteiger partial charge in [-0.25, -0.2) is 4.79 Å². The van der Waals surface area contributed by atoms with E-state index in [-0.39, 0.29) is 12.1 Å². The number of rotatable bonds is 3. The van der Waals surface area contributed by atoms with Gasteiger partial charge in [-0.1, -0.05) is 35.0 Å². The van der Waals surface area contributed by atoms with Crippen LogP contribution < -0.4 is 5.32 Å². The van der Waals surface area contributed by atoms with Gasteiger partial charge in [0.15, 0.2) is 5.82 Å². The van der Waals surface area contributed by atoms with Crippen molar-refractivity contribution in [1.29, 1.82) is 0 Å². The van der Waals surface area contributed by atoms with Crippen LogP contribution >= 0.6 is 11.6 Å². The number of nitrogens with one attached hydrogen (secondary N) is 1. The second kappa shape index (κ2) is 5.13. The van der Waals surface area contributed by atoms with Gasteiger partial charge in [0.2, 0.25) is 0 Å². The van der Waals surface area contributed by atoms with Gasteiger partial charge >= 0.3 is 6.03 Å². The first-order valence-electron chi connectivity index (χ1n) is 6.21. The number of hydrogen-bond donors (Lipinski definition) is 1. The molecule has 6 nitrogen and oxygen atoms in total. The molecule has 20 heavy (non-hydrogen) atoms. The molecule has 1 aromatic heterocycles. The molecule has 1 aliphatic rings. The van der Waals surface area contributed by atoms with Gasteiger partial charge in [-0.2, -0.15) is 4.98 Å². The third-order valence-corrected chi connectivity index (χ3v) is 3.56. The molecule has 3 rings (SSSR count). The van der Waals surface area contributed by atoms with E-state index in [4.69, 9.17) is 16.1 Å². The van der Waals surface area contributed by atoms with Crippen LogP contribution in [0.3, 0.4) is 0 Å². The first-order chi connectivity index (χ1) is 9.63. The van der Waals surface area contributed by atoms with Crippen molar-refractivity contribution in [3.8, 4) is 0 Å². The highest BCUT2D eigenvalue weighted by Gasteiger charge is 2.31. The molecule has 1 N–H and O–H groups in total. The Morgan fingerprint density at radius 1 is 1.50 bits per heavy atom. The summed E-state index contributed by atoms with van der Waals surface area (Å²) in [5.74, 6) is 0.974. The molecule has 104 valence electrons. The van der Waals surface area contributed by atoms with E-state index in [1.54, 1.807) is 11.9 Å². The summed E-state index contributed by atoms with van der Waals surface area (Å²) in [5, 5.41) is 7.38. The molecule has 0 spiro atoms. The Morgan fingerprint density at radius 3 is 3.00 bits per heavy atom. The summed E-state index contributed by atoms with van der Waals surface area (Å²) >= 11 is 6.10. The summed E-state index contributed by atoms with van der Waals surface area (Å²) in [5.41, 5.74) is 0.939. The molecule has 2 aromatic rings. The number of carbonyl (C=O) groups is 1. The number of aromatic nitrogens is 2. The van der Waals surface area contributed by atoms with Crippen LogP contribution in [-0.2, 0) is 6.42 Å². The van der Waals surface area contributed by atoms with Gasteiger partial charge in [-0.3, -0.25) is 0 Å². The molecule has 7 heteroatoms.